The maximum Gasteiger partial charge on any atom is 0.140 e. The van der Waals surface area contributed by atoms with Crippen molar-refractivity contribution in [3.63, 3.8) is 0 Å². The zero-order valence-electron chi connectivity index (χ0n) is 12.4. The van der Waals surface area contributed by atoms with E-state index >= 15 is 0 Å². The second kappa shape index (κ2) is 6.79. The van der Waals surface area contributed by atoms with Crippen LogP contribution in [0.4, 0.5) is 5.82 Å². The van der Waals surface area contributed by atoms with Gasteiger partial charge in [0.25, 0.3) is 0 Å². The average Bonchev–Trinajstić information content (AvgIpc) is 3.20. The lowest BCUT2D eigenvalue weighted by molar-refractivity contribution is 0.886. The van der Waals surface area contributed by atoms with Gasteiger partial charge in [0.1, 0.15) is 11.6 Å². The highest BCUT2D eigenvalue weighted by Gasteiger charge is 2.26. The highest BCUT2D eigenvalue weighted by Crippen LogP contribution is 2.40. The molecule has 0 spiro atoms. The molecule has 0 aromatic carbocycles. The zero-order chi connectivity index (χ0) is 13.8. The van der Waals surface area contributed by atoms with Crippen LogP contribution in [0, 0.1) is 0 Å². The lowest BCUT2D eigenvalue weighted by Crippen LogP contribution is -2.07. The second-order valence-corrected chi connectivity index (χ2v) is 7.30. The summed E-state index contributed by atoms with van der Waals surface area (Å²) in [5.41, 5.74) is 1.26. The summed E-state index contributed by atoms with van der Waals surface area (Å²) in [5.74, 6) is 3.75. The Morgan fingerprint density at radius 3 is 2.70 bits per heavy atom. The molecule has 0 bridgehead atoms. The fourth-order valence-corrected chi connectivity index (χ4v) is 3.94. The van der Waals surface area contributed by atoms with E-state index in [0.717, 1.165) is 35.6 Å². The highest BCUT2D eigenvalue weighted by molar-refractivity contribution is 7.99. The minimum atomic E-state index is 0.704. The number of hydrogen-bond acceptors (Lipinski definition) is 4. The van der Waals surface area contributed by atoms with Gasteiger partial charge in [0.2, 0.25) is 0 Å². The Morgan fingerprint density at radius 1 is 1.20 bits per heavy atom. The van der Waals surface area contributed by atoms with Gasteiger partial charge < -0.3 is 5.32 Å². The van der Waals surface area contributed by atoms with Crippen molar-refractivity contribution in [2.24, 2.45) is 0 Å². The molecule has 3 nitrogen and oxygen atoms in total. The summed E-state index contributed by atoms with van der Waals surface area (Å²) in [6, 6.07) is 2.16. The van der Waals surface area contributed by atoms with Crippen molar-refractivity contribution in [1.82, 2.24) is 9.97 Å². The maximum absolute atomic E-state index is 4.79. The summed E-state index contributed by atoms with van der Waals surface area (Å²) in [7, 11) is 0. The molecule has 2 fully saturated rings. The minimum Gasteiger partial charge on any atom is -0.370 e. The number of nitrogens with zero attached hydrogens (tertiary/aromatic N) is 2. The number of anilines is 1. The Kier molecular flexibility index (Phi) is 4.81. The topological polar surface area (TPSA) is 37.8 Å². The summed E-state index contributed by atoms with van der Waals surface area (Å²) in [6.07, 6.45) is 9.32. The molecule has 110 valence electrons. The van der Waals surface area contributed by atoms with Crippen LogP contribution in [-0.4, -0.2) is 21.8 Å². The van der Waals surface area contributed by atoms with Crippen LogP contribution >= 0.6 is 11.8 Å². The third-order valence-electron chi connectivity index (χ3n) is 4.09. The average molecular weight is 291 g/mol. The Hall–Kier alpha value is -0.770. The van der Waals surface area contributed by atoms with E-state index < -0.39 is 0 Å². The van der Waals surface area contributed by atoms with Gasteiger partial charge in [-0.1, -0.05) is 19.8 Å². The van der Waals surface area contributed by atoms with Gasteiger partial charge in [0, 0.05) is 29.5 Å². The molecule has 0 amide bonds. The lowest BCUT2D eigenvalue weighted by atomic mass is 10.2. The number of aromatic nitrogens is 2. The van der Waals surface area contributed by atoms with E-state index in [1.54, 1.807) is 0 Å². The van der Waals surface area contributed by atoms with Crippen molar-refractivity contribution >= 4 is 17.6 Å². The van der Waals surface area contributed by atoms with Gasteiger partial charge in [-0.15, -0.1) is 0 Å². The van der Waals surface area contributed by atoms with Crippen molar-refractivity contribution in [2.45, 2.75) is 68.8 Å². The van der Waals surface area contributed by atoms with Crippen molar-refractivity contribution in [1.29, 1.82) is 0 Å². The summed E-state index contributed by atoms with van der Waals surface area (Å²) in [6.45, 7) is 3.18. The Bertz CT molecular complexity index is 439. The standard InChI is InChI=1S/C16H25N3S/c1-2-9-17-15-10-14(12-7-8-12)18-16(19-15)11-20-13-5-3-4-6-13/h10,12-13H,2-9,11H2,1H3,(H,17,18,19). The van der Waals surface area contributed by atoms with Gasteiger partial charge in [-0.2, -0.15) is 11.8 Å². The molecule has 1 heterocycles. The highest BCUT2D eigenvalue weighted by atomic mass is 32.2. The van der Waals surface area contributed by atoms with Crippen molar-refractivity contribution in [3.8, 4) is 0 Å². The van der Waals surface area contributed by atoms with Crippen molar-refractivity contribution < 1.29 is 0 Å². The molecule has 1 aromatic rings. The third kappa shape index (κ3) is 3.87. The minimum absolute atomic E-state index is 0.704. The number of nitrogens with one attached hydrogen (secondary N) is 1. The Morgan fingerprint density at radius 2 is 2.00 bits per heavy atom. The van der Waals surface area contributed by atoms with Gasteiger partial charge >= 0.3 is 0 Å². The molecule has 0 atom stereocenters. The number of rotatable bonds is 7. The largest absolute Gasteiger partial charge is 0.370 e. The van der Waals surface area contributed by atoms with Crippen molar-refractivity contribution in [2.75, 3.05) is 11.9 Å². The van der Waals surface area contributed by atoms with Crippen LogP contribution < -0.4 is 5.32 Å². The molecule has 0 saturated heterocycles. The molecule has 4 heteroatoms. The van der Waals surface area contributed by atoms with Gasteiger partial charge in [0.15, 0.2) is 0 Å². The SMILES string of the molecule is CCCNc1cc(C2CC2)nc(CSC2CCCC2)n1. The maximum atomic E-state index is 4.79. The first-order chi connectivity index (χ1) is 9.85. The van der Waals surface area contributed by atoms with Crippen LogP contribution in [0.1, 0.15) is 69.3 Å². The first-order valence-electron chi connectivity index (χ1n) is 8.08. The predicted molar refractivity (Wildman–Crippen MR) is 86.3 cm³/mol. The summed E-state index contributed by atoms with van der Waals surface area (Å²) in [4.78, 5) is 9.49. The van der Waals surface area contributed by atoms with Crippen molar-refractivity contribution in [3.05, 3.63) is 17.6 Å². The van der Waals surface area contributed by atoms with Crippen LogP contribution in [0.25, 0.3) is 0 Å². The van der Waals surface area contributed by atoms with Crippen LogP contribution in [0.3, 0.4) is 0 Å². The van der Waals surface area contributed by atoms with E-state index in [1.165, 1.54) is 44.2 Å². The van der Waals surface area contributed by atoms with Gasteiger partial charge in [-0.25, -0.2) is 9.97 Å². The predicted octanol–water partition coefficient (Wildman–Crippen LogP) is 4.35. The fraction of sp³-hybridized carbons (Fsp3) is 0.750. The van der Waals surface area contributed by atoms with E-state index in [4.69, 9.17) is 9.97 Å². The molecule has 2 aliphatic rings. The molecular formula is C16H25N3S. The smallest absolute Gasteiger partial charge is 0.140 e. The molecule has 3 rings (SSSR count). The monoisotopic (exact) mass is 291 g/mol. The van der Waals surface area contributed by atoms with E-state index in [2.05, 4.69) is 30.1 Å². The number of thioether (sulfide) groups is 1. The van der Waals surface area contributed by atoms with Gasteiger partial charge in [-0.3, -0.25) is 0 Å². The number of hydrogen-bond donors (Lipinski definition) is 1. The Labute approximate surface area is 126 Å². The first-order valence-corrected chi connectivity index (χ1v) is 9.13. The third-order valence-corrected chi connectivity index (χ3v) is 5.46. The fourth-order valence-electron chi connectivity index (χ4n) is 2.76. The van der Waals surface area contributed by atoms with Crippen LogP contribution in [-0.2, 0) is 5.75 Å². The molecular weight excluding hydrogens is 266 g/mol. The quantitative estimate of drug-likeness (QED) is 0.810. The zero-order valence-corrected chi connectivity index (χ0v) is 13.2. The molecule has 0 radical (unpaired) electrons. The van der Waals surface area contributed by atoms with E-state index in [1.807, 2.05) is 0 Å². The van der Waals surface area contributed by atoms with Gasteiger partial charge in [-0.05, 0) is 32.1 Å². The lowest BCUT2D eigenvalue weighted by Gasteiger charge is -2.11. The van der Waals surface area contributed by atoms with Gasteiger partial charge in [0.05, 0.1) is 5.75 Å². The van der Waals surface area contributed by atoms with E-state index in [-0.39, 0.29) is 0 Å². The molecule has 0 unspecified atom stereocenters. The summed E-state index contributed by atoms with van der Waals surface area (Å²) in [5, 5.41) is 4.27. The van der Waals surface area contributed by atoms with E-state index in [0.29, 0.717) is 5.92 Å². The molecule has 2 saturated carbocycles. The molecule has 1 N–H and O–H groups in total. The Balaban J connectivity index is 1.65. The van der Waals surface area contributed by atoms with Crippen LogP contribution in [0.5, 0.6) is 0 Å². The molecule has 1 aromatic heterocycles. The molecule has 2 aliphatic carbocycles. The van der Waals surface area contributed by atoms with Crippen LogP contribution in [0.15, 0.2) is 6.07 Å². The summed E-state index contributed by atoms with van der Waals surface area (Å²) >= 11 is 2.06. The van der Waals surface area contributed by atoms with E-state index in [9.17, 15) is 0 Å². The molecule has 0 aliphatic heterocycles. The summed E-state index contributed by atoms with van der Waals surface area (Å²) < 4.78 is 0. The molecule has 20 heavy (non-hydrogen) atoms. The van der Waals surface area contributed by atoms with Crippen LogP contribution in [0.2, 0.25) is 0 Å². The normalized spacial score (nSPS) is 19.4. The second-order valence-electron chi connectivity index (χ2n) is 6.01. The first kappa shape index (κ1) is 14.2.